The van der Waals surface area contributed by atoms with E-state index in [0.717, 1.165) is 11.1 Å². The molecule has 2 nitrogen and oxygen atoms in total. The van der Waals surface area contributed by atoms with Gasteiger partial charge in [-0.2, -0.15) is 0 Å². The Labute approximate surface area is 128 Å². The van der Waals surface area contributed by atoms with E-state index in [2.05, 4.69) is 11.8 Å². The van der Waals surface area contributed by atoms with Crippen molar-refractivity contribution in [1.82, 2.24) is 0 Å². The monoisotopic (exact) mass is 304 g/mol. The summed E-state index contributed by atoms with van der Waals surface area (Å²) < 4.78 is 18.8. The van der Waals surface area contributed by atoms with Gasteiger partial charge in [-0.25, -0.2) is 4.39 Å². The highest BCUT2D eigenvalue weighted by Gasteiger charge is 2.02. The molecule has 0 fully saturated rings. The Morgan fingerprint density at radius 1 is 1.14 bits per heavy atom. The van der Waals surface area contributed by atoms with Gasteiger partial charge >= 0.3 is 0 Å². The number of hydrogen-bond donors (Lipinski definition) is 1. The SMILES string of the molecule is OCCC#Cc1ccc(COc2ccc(Cl)c(F)c2)cc1. The number of benzene rings is 2. The van der Waals surface area contributed by atoms with Crippen molar-refractivity contribution in [2.24, 2.45) is 0 Å². The van der Waals surface area contributed by atoms with Gasteiger partial charge in [-0.3, -0.25) is 0 Å². The number of aliphatic hydroxyl groups is 1. The van der Waals surface area contributed by atoms with Crippen LogP contribution in [0.2, 0.25) is 5.02 Å². The molecule has 0 bridgehead atoms. The van der Waals surface area contributed by atoms with Gasteiger partial charge in [0, 0.05) is 18.1 Å². The molecular formula is C17H14ClFO2. The first-order valence-electron chi connectivity index (χ1n) is 6.45. The van der Waals surface area contributed by atoms with E-state index in [1.807, 2.05) is 24.3 Å². The fraction of sp³-hybridized carbons (Fsp3) is 0.176. The van der Waals surface area contributed by atoms with Gasteiger partial charge in [0.25, 0.3) is 0 Å². The first-order valence-corrected chi connectivity index (χ1v) is 6.83. The second kappa shape index (κ2) is 7.68. The highest BCUT2D eigenvalue weighted by atomic mass is 35.5. The van der Waals surface area contributed by atoms with E-state index in [0.29, 0.717) is 18.8 Å². The number of rotatable bonds is 4. The summed E-state index contributed by atoms with van der Waals surface area (Å²) in [5, 5.41) is 8.73. The zero-order chi connectivity index (χ0) is 15.1. The van der Waals surface area contributed by atoms with Crippen molar-refractivity contribution in [1.29, 1.82) is 0 Å². The van der Waals surface area contributed by atoms with E-state index < -0.39 is 5.82 Å². The average Bonchev–Trinajstić information content (AvgIpc) is 2.50. The van der Waals surface area contributed by atoms with Crippen molar-refractivity contribution in [3.05, 3.63) is 64.4 Å². The third-order valence-corrected chi connectivity index (χ3v) is 3.03. The Hall–Kier alpha value is -2.02. The fourth-order valence-electron chi connectivity index (χ4n) is 1.64. The summed E-state index contributed by atoms with van der Waals surface area (Å²) >= 11 is 5.61. The summed E-state index contributed by atoms with van der Waals surface area (Å²) in [6.45, 7) is 0.405. The summed E-state index contributed by atoms with van der Waals surface area (Å²) in [7, 11) is 0. The van der Waals surface area contributed by atoms with Gasteiger partial charge in [0.15, 0.2) is 0 Å². The Bertz CT molecular complexity index is 657. The molecule has 1 N–H and O–H groups in total. The molecule has 0 heterocycles. The third-order valence-electron chi connectivity index (χ3n) is 2.72. The molecule has 0 aliphatic carbocycles. The van der Waals surface area contributed by atoms with Gasteiger partial charge in [0.05, 0.1) is 11.6 Å². The van der Waals surface area contributed by atoms with Crippen LogP contribution in [-0.2, 0) is 6.61 Å². The lowest BCUT2D eigenvalue weighted by Crippen LogP contribution is -1.96. The molecular weight excluding hydrogens is 291 g/mol. The average molecular weight is 305 g/mol. The number of ether oxygens (including phenoxy) is 1. The van der Waals surface area contributed by atoms with E-state index in [9.17, 15) is 4.39 Å². The molecule has 0 saturated heterocycles. The fourth-order valence-corrected chi connectivity index (χ4v) is 1.76. The molecule has 21 heavy (non-hydrogen) atoms. The number of hydrogen-bond acceptors (Lipinski definition) is 2. The smallest absolute Gasteiger partial charge is 0.145 e. The maximum Gasteiger partial charge on any atom is 0.145 e. The molecule has 0 aliphatic rings. The minimum atomic E-state index is -0.497. The molecule has 0 aromatic heterocycles. The predicted octanol–water partition coefficient (Wildman–Crippen LogP) is 3.79. The van der Waals surface area contributed by atoms with E-state index in [1.165, 1.54) is 12.1 Å². The zero-order valence-electron chi connectivity index (χ0n) is 11.3. The van der Waals surface area contributed by atoms with Crippen molar-refractivity contribution >= 4 is 11.6 Å². The maximum absolute atomic E-state index is 13.3. The van der Waals surface area contributed by atoms with Crippen LogP contribution in [0.4, 0.5) is 4.39 Å². The first kappa shape index (κ1) is 15.4. The highest BCUT2D eigenvalue weighted by Crippen LogP contribution is 2.21. The second-order valence-corrected chi connectivity index (χ2v) is 4.74. The highest BCUT2D eigenvalue weighted by molar-refractivity contribution is 6.30. The lowest BCUT2D eigenvalue weighted by atomic mass is 10.1. The molecule has 4 heteroatoms. The second-order valence-electron chi connectivity index (χ2n) is 4.34. The van der Waals surface area contributed by atoms with Gasteiger partial charge in [0.2, 0.25) is 0 Å². The summed E-state index contributed by atoms with van der Waals surface area (Å²) in [5.74, 6) is 5.74. The molecule has 0 saturated carbocycles. The van der Waals surface area contributed by atoms with Gasteiger partial charge in [-0.05, 0) is 29.8 Å². The molecule has 2 aromatic rings. The normalized spacial score (nSPS) is 9.86. The van der Waals surface area contributed by atoms with E-state index in [-0.39, 0.29) is 11.6 Å². The van der Waals surface area contributed by atoms with Gasteiger partial charge in [-0.15, -0.1) is 0 Å². The van der Waals surface area contributed by atoms with Crippen molar-refractivity contribution in [2.45, 2.75) is 13.0 Å². The van der Waals surface area contributed by atoms with Crippen LogP contribution in [0.1, 0.15) is 17.5 Å². The van der Waals surface area contributed by atoms with Crippen molar-refractivity contribution in [3.8, 4) is 17.6 Å². The summed E-state index contributed by atoms with van der Waals surface area (Å²) in [5.41, 5.74) is 1.84. The van der Waals surface area contributed by atoms with Crippen molar-refractivity contribution < 1.29 is 14.2 Å². The third kappa shape index (κ3) is 4.78. The van der Waals surface area contributed by atoms with Crippen LogP contribution >= 0.6 is 11.6 Å². The predicted molar refractivity (Wildman–Crippen MR) is 80.8 cm³/mol. The Balaban J connectivity index is 1.94. The maximum atomic E-state index is 13.3. The van der Waals surface area contributed by atoms with Crippen LogP contribution in [0.15, 0.2) is 42.5 Å². The molecule has 0 amide bonds. The minimum Gasteiger partial charge on any atom is -0.489 e. The van der Waals surface area contributed by atoms with Crippen LogP contribution in [0.5, 0.6) is 5.75 Å². The molecule has 2 aromatic carbocycles. The van der Waals surface area contributed by atoms with Gasteiger partial charge in [0.1, 0.15) is 18.2 Å². The molecule has 0 radical (unpaired) electrons. The largest absolute Gasteiger partial charge is 0.489 e. The summed E-state index contributed by atoms with van der Waals surface area (Å²) in [6, 6.07) is 11.9. The van der Waals surface area contributed by atoms with E-state index in [4.69, 9.17) is 21.4 Å². The molecule has 108 valence electrons. The number of halogens is 2. The minimum absolute atomic E-state index is 0.0660. The zero-order valence-corrected chi connectivity index (χ0v) is 12.0. The molecule has 0 spiro atoms. The van der Waals surface area contributed by atoms with E-state index in [1.54, 1.807) is 6.07 Å². The first-order chi connectivity index (χ1) is 10.2. The van der Waals surface area contributed by atoms with Crippen LogP contribution < -0.4 is 4.74 Å². The summed E-state index contributed by atoms with van der Waals surface area (Å²) in [6.07, 6.45) is 0.465. The Morgan fingerprint density at radius 2 is 1.90 bits per heavy atom. The molecule has 0 aliphatic heterocycles. The van der Waals surface area contributed by atoms with Crippen LogP contribution in [0.3, 0.4) is 0 Å². The topological polar surface area (TPSA) is 29.5 Å². The van der Waals surface area contributed by atoms with Crippen molar-refractivity contribution in [3.63, 3.8) is 0 Å². The summed E-state index contributed by atoms with van der Waals surface area (Å²) in [4.78, 5) is 0. The molecule has 2 rings (SSSR count). The Kier molecular flexibility index (Phi) is 5.62. The molecule has 0 unspecified atom stereocenters. The van der Waals surface area contributed by atoms with Gasteiger partial charge < -0.3 is 9.84 Å². The van der Waals surface area contributed by atoms with Crippen LogP contribution in [0.25, 0.3) is 0 Å². The standard InChI is InChI=1S/C17H14ClFO2/c18-16-9-8-15(11-17(16)19)21-12-14-6-4-13(5-7-14)3-1-2-10-20/h4-9,11,20H,2,10,12H2. The van der Waals surface area contributed by atoms with Crippen molar-refractivity contribution in [2.75, 3.05) is 6.61 Å². The lowest BCUT2D eigenvalue weighted by molar-refractivity contribution is 0.304. The molecule has 0 atom stereocenters. The number of aliphatic hydroxyl groups excluding tert-OH is 1. The quantitative estimate of drug-likeness (QED) is 0.871. The Morgan fingerprint density at radius 3 is 2.57 bits per heavy atom. The van der Waals surface area contributed by atoms with Crippen LogP contribution in [-0.4, -0.2) is 11.7 Å². The van der Waals surface area contributed by atoms with E-state index >= 15 is 0 Å². The lowest BCUT2D eigenvalue weighted by Gasteiger charge is -2.07. The van der Waals surface area contributed by atoms with Crippen LogP contribution in [0, 0.1) is 17.7 Å². The van der Waals surface area contributed by atoms with Gasteiger partial charge in [-0.1, -0.05) is 35.6 Å².